The quantitative estimate of drug-likeness (QED) is 0.344. The average molecular weight is 537 g/mol. The standard InChI is InChI=1S/C25H30BrI/c1-4-5-12-24(3)13-6-7-17(2)25(16-24)22-14-18(26)8-10-20(22)21-11-9-19(27)15-23(21)25/h8-11,14-15,17H,4-7,12-13,16H2,1-3H3. The van der Waals surface area contributed by atoms with Gasteiger partial charge in [-0.25, -0.2) is 0 Å². The largest absolute Gasteiger partial charge is 0.0654 e. The molecule has 1 fully saturated rings. The van der Waals surface area contributed by atoms with Crippen LogP contribution in [-0.2, 0) is 5.41 Å². The predicted molar refractivity (Wildman–Crippen MR) is 128 cm³/mol. The second-order valence-corrected chi connectivity index (χ2v) is 11.4. The minimum Gasteiger partial charge on any atom is -0.0654 e. The van der Waals surface area contributed by atoms with Crippen molar-refractivity contribution in [2.75, 3.05) is 0 Å². The molecule has 2 aromatic rings. The zero-order valence-electron chi connectivity index (χ0n) is 16.7. The molecule has 2 aliphatic rings. The van der Waals surface area contributed by atoms with E-state index in [0.29, 0.717) is 11.3 Å². The van der Waals surface area contributed by atoms with E-state index < -0.39 is 0 Å². The third-order valence-corrected chi connectivity index (χ3v) is 8.48. The van der Waals surface area contributed by atoms with E-state index in [1.807, 2.05) is 0 Å². The molecule has 0 radical (unpaired) electrons. The van der Waals surface area contributed by atoms with Crippen molar-refractivity contribution in [3.63, 3.8) is 0 Å². The first-order valence-electron chi connectivity index (χ1n) is 10.5. The molecule has 0 nitrogen and oxygen atoms in total. The molecular weight excluding hydrogens is 507 g/mol. The third-order valence-electron chi connectivity index (χ3n) is 7.31. The lowest BCUT2D eigenvalue weighted by molar-refractivity contribution is 0.193. The van der Waals surface area contributed by atoms with E-state index in [1.165, 1.54) is 64.1 Å². The molecule has 0 aliphatic heterocycles. The summed E-state index contributed by atoms with van der Waals surface area (Å²) in [5, 5.41) is 0. The first-order valence-corrected chi connectivity index (χ1v) is 12.4. The minimum absolute atomic E-state index is 0.161. The van der Waals surface area contributed by atoms with Crippen LogP contribution in [0.1, 0.15) is 76.8 Å². The van der Waals surface area contributed by atoms with Gasteiger partial charge in [0.05, 0.1) is 0 Å². The first-order chi connectivity index (χ1) is 12.9. The van der Waals surface area contributed by atoms with Crippen LogP contribution in [0, 0.1) is 14.9 Å². The van der Waals surface area contributed by atoms with Crippen LogP contribution >= 0.6 is 38.5 Å². The predicted octanol–water partition coefficient (Wildman–Crippen LogP) is 8.73. The fraction of sp³-hybridized carbons (Fsp3) is 0.520. The van der Waals surface area contributed by atoms with Gasteiger partial charge in [-0.2, -0.15) is 0 Å². The molecule has 2 aromatic carbocycles. The number of fused-ring (bicyclic) bond motifs is 5. The summed E-state index contributed by atoms with van der Waals surface area (Å²) in [5.74, 6) is 0.674. The van der Waals surface area contributed by atoms with Crippen molar-refractivity contribution in [2.45, 2.75) is 71.1 Å². The lowest BCUT2D eigenvalue weighted by Gasteiger charge is -2.42. The number of hydrogen-bond donors (Lipinski definition) is 0. The van der Waals surface area contributed by atoms with E-state index in [0.717, 1.165) is 0 Å². The molecule has 3 unspecified atom stereocenters. The van der Waals surface area contributed by atoms with Gasteiger partial charge in [-0.15, -0.1) is 0 Å². The Hall–Kier alpha value is -0.350. The molecule has 2 heteroatoms. The van der Waals surface area contributed by atoms with Crippen LogP contribution in [0.15, 0.2) is 40.9 Å². The Morgan fingerprint density at radius 3 is 2.56 bits per heavy atom. The maximum Gasteiger partial charge on any atom is 0.0246 e. The SMILES string of the molecule is CCCCC1(C)CCCC(C)C2(C1)c1cc(Br)ccc1-c1ccc(I)cc12. The molecule has 3 atom stereocenters. The Morgan fingerprint density at radius 2 is 1.81 bits per heavy atom. The summed E-state index contributed by atoms with van der Waals surface area (Å²) in [4.78, 5) is 0. The number of rotatable bonds is 3. The van der Waals surface area contributed by atoms with Crippen LogP contribution < -0.4 is 0 Å². The summed E-state index contributed by atoms with van der Waals surface area (Å²) < 4.78 is 2.58. The topological polar surface area (TPSA) is 0 Å². The van der Waals surface area contributed by atoms with Gasteiger partial charge in [0.1, 0.15) is 0 Å². The average Bonchev–Trinajstić information content (AvgIpc) is 2.80. The molecule has 0 heterocycles. The molecule has 0 saturated heterocycles. The van der Waals surface area contributed by atoms with Gasteiger partial charge in [0.2, 0.25) is 0 Å². The Morgan fingerprint density at radius 1 is 1.11 bits per heavy atom. The molecule has 1 spiro atoms. The van der Waals surface area contributed by atoms with Crippen molar-refractivity contribution in [2.24, 2.45) is 11.3 Å². The third kappa shape index (κ3) is 3.33. The summed E-state index contributed by atoms with van der Waals surface area (Å²) >= 11 is 6.28. The van der Waals surface area contributed by atoms with Crippen LogP contribution in [0.25, 0.3) is 11.1 Å². The zero-order chi connectivity index (χ0) is 19.2. The maximum absolute atomic E-state index is 3.78. The number of benzene rings is 2. The fourth-order valence-corrected chi connectivity index (χ4v) is 6.79. The van der Waals surface area contributed by atoms with Crippen molar-refractivity contribution in [1.29, 1.82) is 0 Å². The lowest BCUT2D eigenvalue weighted by Crippen LogP contribution is -2.37. The van der Waals surface area contributed by atoms with Gasteiger partial charge in [-0.1, -0.05) is 68.1 Å². The molecule has 0 N–H and O–H groups in total. The Bertz CT molecular complexity index is 800. The van der Waals surface area contributed by atoms with Gasteiger partial charge in [0.15, 0.2) is 0 Å². The molecule has 0 aromatic heterocycles. The van der Waals surface area contributed by atoms with Crippen LogP contribution in [0.3, 0.4) is 0 Å². The molecule has 27 heavy (non-hydrogen) atoms. The van der Waals surface area contributed by atoms with Gasteiger partial charge in [-0.05, 0) is 106 Å². The second-order valence-electron chi connectivity index (χ2n) is 9.24. The van der Waals surface area contributed by atoms with Gasteiger partial charge in [0.25, 0.3) is 0 Å². The first kappa shape index (κ1) is 19.9. The van der Waals surface area contributed by atoms with Crippen LogP contribution in [0.4, 0.5) is 0 Å². The molecule has 4 rings (SSSR count). The van der Waals surface area contributed by atoms with E-state index in [2.05, 4.69) is 95.7 Å². The van der Waals surface area contributed by atoms with Crippen molar-refractivity contribution in [1.82, 2.24) is 0 Å². The van der Waals surface area contributed by atoms with Crippen molar-refractivity contribution in [3.05, 3.63) is 55.6 Å². The summed E-state index contributed by atoms with van der Waals surface area (Å²) in [7, 11) is 0. The highest BCUT2D eigenvalue weighted by Crippen LogP contribution is 2.61. The van der Waals surface area contributed by atoms with Crippen LogP contribution in [-0.4, -0.2) is 0 Å². The normalized spacial score (nSPS) is 29.4. The summed E-state index contributed by atoms with van der Waals surface area (Å²) in [6.07, 6.45) is 9.38. The highest BCUT2D eigenvalue weighted by molar-refractivity contribution is 14.1. The van der Waals surface area contributed by atoms with E-state index in [-0.39, 0.29) is 5.41 Å². The zero-order valence-corrected chi connectivity index (χ0v) is 20.5. The molecule has 1 saturated carbocycles. The summed E-state index contributed by atoms with van der Waals surface area (Å²) in [5.41, 5.74) is 6.71. The summed E-state index contributed by atoms with van der Waals surface area (Å²) in [6.45, 7) is 7.43. The highest BCUT2D eigenvalue weighted by atomic mass is 127. The number of hydrogen-bond acceptors (Lipinski definition) is 0. The molecular formula is C25H30BrI. The van der Waals surface area contributed by atoms with Crippen LogP contribution in [0.5, 0.6) is 0 Å². The molecule has 144 valence electrons. The monoisotopic (exact) mass is 536 g/mol. The second kappa shape index (κ2) is 7.48. The summed E-state index contributed by atoms with van der Waals surface area (Å²) in [6, 6.07) is 14.1. The number of unbranched alkanes of at least 4 members (excludes halogenated alkanes) is 1. The van der Waals surface area contributed by atoms with Gasteiger partial charge < -0.3 is 0 Å². The van der Waals surface area contributed by atoms with Gasteiger partial charge in [0, 0.05) is 13.5 Å². The Kier molecular flexibility index (Phi) is 5.52. The fourth-order valence-electron chi connectivity index (χ4n) is 5.94. The maximum atomic E-state index is 3.78. The Labute approximate surface area is 186 Å². The van der Waals surface area contributed by atoms with Crippen LogP contribution in [0.2, 0.25) is 0 Å². The van der Waals surface area contributed by atoms with Crippen molar-refractivity contribution in [3.8, 4) is 11.1 Å². The van der Waals surface area contributed by atoms with E-state index in [9.17, 15) is 0 Å². The minimum atomic E-state index is 0.161. The van der Waals surface area contributed by atoms with Crippen molar-refractivity contribution >= 4 is 38.5 Å². The Balaban J connectivity index is 1.95. The van der Waals surface area contributed by atoms with Gasteiger partial charge >= 0.3 is 0 Å². The van der Waals surface area contributed by atoms with Gasteiger partial charge in [-0.3, -0.25) is 0 Å². The van der Waals surface area contributed by atoms with E-state index in [1.54, 1.807) is 11.1 Å². The highest BCUT2D eigenvalue weighted by Gasteiger charge is 2.51. The molecule has 0 bridgehead atoms. The van der Waals surface area contributed by atoms with E-state index >= 15 is 0 Å². The van der Waals surface area contributed by atoms with Crippen molar-refractivity contribution < 1.29 is 0 Å². The number of halogens is 2. The molecule has 0 amide bonds. The lowest BCUT2D eigenvalue weighted by atomic mass is 9.61. The molecule has 2 aliphatic carbocycles. The van der Waals surface area contributed by atoms with E-state index in [4.69, 9.17) is 0 Å². The smallest absolute Gasteiger partial charge is 0.0246 e.